The number of hydrogen-bond donors (Lipinski definition) is 0. The third-order valence-electron chi connectivity index (χ3n) is 3.05. The summed E-state index contributed by atoms with van der Waals surface area (Å²) in [6.45, 7) is 1.83. The zero-order valence-electron chi connectivity index (χ0n) is 10.3. The molecule has 1 aromatic heterocycles. The first-order valence-electron chi connectivity index (χ1n) is 5.85. The lowest BCUT2D eigenvalue weighted by Crippen LogP contribution is -2.00. The van der Waals surface area contributed by atoms with E-state index in [1.165, 1.54) is 6.07 Å². The van der Waals surface area contributed by atoms with Gasteiger partial charge < -0.3 is 0 Å². The van der Waals surface area contributed by atoms with E-state index in [1.54, 1.807) is 16.7 Å². The maximum absolute atomic E-state index is 14.1. The zero-order valence-corrected chi connectivity index (χ0v) is 10.3. The van der Waals surface area contributed by atoms with Crippen LogP contribution < -0.4 is 0 Å². The van der Waals surface area contributed by atoms with Crippen LogP contribution in [-0.2, 0) is 0 Å². The maximum atomic E-state index is 14.1. The number of para-hydroxylation sites is 2. The first-order valence-corrected chi connectivity index (χ1v) is 5.85. The fourth-order valence-electron chi connectivity index (χ4n) is 2.21. The topological polar surface area (TPSA) is 41.6 Å². The minimum absolute atomic E-state index is 0.309. The molecule has 3 rings (SSSR count). The van der Waals surface area contributed by atoms with Crippen molar-refractivity contribution in [2.75, 3.05) is 0 Å². The predicted octanol–water partition coefficient (Wildman–Crippen LogP) is 3.34. The third-order valence-corrected chi connectivity index (χ3v) is 3.05. The zero-order chi connectivity index (χ0) is 13.4. The molecule has 0 aliphatic carbocycles. The smallest absolute Gasteiger partial charge is 0.148 e. The van der Waals surface area contributed by atoms with Crippen LogP contribution in [0.1, 0.15) is 11.4 Å². The molecule has 1 heterocycles. The fraction of sp³-hybridized carbons (Fsp3) is 0.0667. The highest BCUT2D eigenvalue weighted by Crippen LogP contribution is 2.23. The summed E-state index contributed by atoms with van der Waals surface area (Å²) in [6, 6.07) is 13.9. The molecule has 0 radical (unpaired) electrons. The number of nitrogens with zero attached hydrogens (tertiary/aromatic N) is 3. The Morgan fingerprint density at radius 2 is 2.00 bits per heavy atom. The van der Waals surface area contributed by atoms with Crippen molar-refractivity contribution in [3.05, 3.63) is 59.7 Å². The number of imidazole rings is 1. The summed E-state index contributed by atoms with van der Waals surface area (Å²) in [6.07, 6.45) is 0. The van der Waals surface area contributed by atoms with Crippen LogP contribution in [0.25, 0.3) is 16.7 Å². The Hall–Kier alpha value is -2.67. The second-order valence-electron chi connectivity index (χ2n) is 4.26. The lowest BCUT2D eigenvalue weighted by atomic mass is 10.2. The Morgan fingerprint density at radius 1 is 1.21 bits per heavy atom. The fourth-order valence-corrected chi connectivity index (χ4v) is 2.21. The molecule has 0 saturated carbocycles. The molecular weight excluding hydrogens is 241 g/mol. The predicted molar refractivity (Wildman–Crippen MR) is 70.5 cm³/mol. The van der Waals surface area contributed by atoms with Gasteiger partial charge in [-0.1, -0.05) is 12.1 Å². The molecule has 0 saturated heterocycles. The number of halogens is 1. The molecule has 0 spiro atoms. The van der Waals surface area contributed by atoms with E-state index in [4.69, 9.17) is 5.26 Å². The molecule has 92 valence electrons. The quantitative estimate of drug-likeness (QED) is 0.665. The molecule has 0 fully saturated rings. The minimum Gasteiger partial charge on any atom is -0.294 e. The highest BCUT2D eigenvalue weighted by atomic mass is 19.1. The van der Waals surface area contributed by atoms with Gasteiger partial charge in [0.25, 0.3) is 0 Å². The van der Waals surface area contributed by atoms with E-state index in [0.717, 1.165) is 11.0 Å². The van der Waals surface area contributed by atoms with Crippen molar-refractivity contribution in [2.24, 2.45) is 0 Å². The van der Waals surface area contributed by atoms with Gasteiger partial charge in [0, 0.05) is 0 Å². The van der Waals surface area contributed by atoms with Gasteiger partial charge in [-0.05, 0) is 37.3 Å². The van der Waals surface area contributed by atoms with Gasteiger partial charge in [-0.3, -0.25) is 4.57 Å². The van der Waals surface area contributed by atoms with E-state index in [9.17, 15) is 4.39 Å². The second-order valence-corrected chi connectivity index (χ2v) is 4.26. The average molecular weight is 251 g/mol. The van der Waals surface area contributed by atoms with Crippen molar-refractivity contribution in [3.8, 4) is 11.8 Å². The number of fused-ring (bicyclic) bond motifs is 1. The van der Waals surface area contributed by atoms with E-state index in [0.29, 0.717) is 17.1 Å². The molecule has 3 nitrogen and oxygen atoms in total. The number of benzene rings is 2. The lowest BCUT2D eigenvalue weighted by Gasteiger charge is -2.08. The number of hydrogen-bond acceptors (Lipinski definition) is 2. The van der Waals surface area contributed by atoms with Gasteiger partial charge >= 0.3 is 0 Å². The van der Waals surface area contributed by atoms with Crippen LogP contribution in [0.15, 0.2) is 42.5 Å². The van der Waals surface area contributed by atoms with E-state index in [2.05, 4.69) is 4.98 Å². The van der Waals surface area contributed by atoms with Crippen molar-refractivity contribution >= 4 is 11.0 Å². The van der Waals surface area contributed by atoms with Crippen LogP contribution in [0.4, 0.5) is 4.39 Å². The Labute approximate surface area is 109 Å². The van der Waals surface area contributed by atoms with Crippen LogP contribution in [0.2, 0.25) is 0 Å². The average Bonchev–Trinajstić information content (AvgIpc) is 2.75. The molecule has 0 N–H and O–H groups in total. The molecule has 0 aliphatic rings. The van der Waals surface area contributed by atoms with Gasteiger partial charge in [-0.2, -0.15) is 5.26 Å². The largest absolute Gasteiger partial charge is 0.294 e. The Morgan fingerprint density at radius 3 is 2.74 bits per heavy atom. The van der Waals surface area contributed by atoms with E-state index in [1.807, 2.05) is 37.3 Å². The summed E-state index contributed by atoms with van der Waals surface area (Å²) in [5.74, 6) is 0.287. The highest BCUT2D eigenvalue weighted by molar-refractivity contribution is 5.78. The van der Waals surface area contributed by atoms with Crippen molar-refractivity contribution in [2.45, 2.75) is 6.92 Å². The van der Waals surface area contributed by atoms with E-state index < -0.39 is 5.82 Å². The van der Waals surface area contributed by atoms with Crippen LogP contribution in [-0.4, -0.2) is 9.55 Å². The van der Waals surface area contributed by atoms with E-state index >= 15 is 0 Å². The minimum atomic E-state index is -0.426. The van der Waals surface area contributed by atoms with Gasteiger partial charge in [0.15, 0.2) is 0 Å². The number of aryl methyl sites for hydroxylation is 1. The molecule has 0 amide bonds. The van der Waals surface area contributed by atoms with Gasteiger partial charge in [-0.25, -0.2) is 9.37 Å². The summed E-state index contributed by atoms with van der Waals surface area (Å²) >= 11 is 0. The van der Waals surface area contributed by atoms with Crippen LogP contribution in [0, 0.1) is 24.1 Å². The molecule has 0 bridgehead atoms. The van der Waals surface area contributed by atoms with Crippen LogP contribution >= 0.6 is 0 Å². The van der Waals surface area contributed by atoms with Gasteiger partial charge in [0.05, 0.1) is 28.4 Å². The van der Waals surface area contributed by atoms with Crippen molar-refractivity contribution < 1.29 is 4.39 Å². The van der Waals surface area contributed by atoms with Crippen molar-refractivity contribution in [1.29, 1.82) is 5.26 Å². The standard InChI is InChI=1S/C15H10FN3/c1-10-18-13-4-2-3-5-15(13)19(10)14-7-6-11(9-17)8-12(14)16/h2-8H,1H3. The molecule has 0 atom stereocenters. The molecule has 0 unspecified atom stereocenters. The molecule has 4 heteroatoms. The summed E-state index contributed by atoms with van der Waals surface area (Å²) in [4.78, 5) is 4.40. The third kappa shape index (κ3) is 1.76. The normalized spacial score (nSPS) is 10.6. The van der Waals surface area contributed by atoms with Crippen molar-refractivity contribution in [3.63, 3.8) is 0 Å². The Balaban J connectivity index is 2.31. The molecule has 3 aromatic rings. The SMILES string of the molecule is Cc1nc2ccccc2n1-c1ccc(C#N)cc1F. The first-order chi connectivity index (χ1) is 9.20. The molecule has 2 aromatic carbocycles. The van der Waals surface area contributed by atoms with Gasteiger partial charge in [0.1, 0.15) is 11.6 Å². The highest BCUT2D eigenvalue weighted by Gasteiger charge is 2.12. The second kappa shape index (κ2) is 4.21. The maximum Gasteiger partial charge on any atom is 0.148 e. The monoisotopic (exact) mass is 251 g/mol. The van der Waals surface area contributed by atoms with Gasteiger partial charge in [0.2, 0.25) is 0 Å². The lowest BCUT2D eigenvalue weighted by molar-refractivity contribution is 0.617. The molecular formula is C15H10FN3. The van der Waals surface area contributed by atoms with Crippen LogP contribution in [0.3, 0.4) is 0 Å². The summed E-state index contributed by atoms with van der Waals surface area (Å²) < 4.78 is 15.9. The summed E-state index contributed by atoms with van der Waals surface area (Å²) in [5.41, 5.74) is 2.39. The van der Waals surface area contributed by atoms with Gasteiger partial charge in [-0.15, -0.1) is 0 Å². The van der Waals surface area contributed by atoms with Crippen LogP contribution in [0.5, 0.6) is 0 Å². The molecule has 0 aliphatic heterocycles. The number of nitriles is 1. The Bertz CT molecular complexity index is 812. The number of aromatic nitrogens is 2. The summed E-state index contributed by atoms with van der Waals surface area (Å²) in [7, 11) is 0. The molecule has 19 heavy (non-hydrogen) atoms. The summed E-state index contributed by atoms with van der Waals surface area (Å²) in [5, 5.41) is 8.77. The van der Waals surface area contributed by atoms with Crippen molar-refractivity contribution in [1.82, 2.24) is 9.55 Å². The first kappa shape index (κ1) is 11.4. The van der Waals surface area contributed by atoms with E-state index in [-0.39, 0.29) is 0 Å². The number of rotatable bonds is 1. The Kier molecular flexibility index (Phi) is 2.53.